The molecule has 0 saturated carbocycles. The molecule has 1 atom stereocenters. The van der Waals surface area contributed by atoms with Crippen LogP contribution < -0.4 is 0 Å². The monoisotopic (exact) mass is 237 g/mol. The van der Waals surface area contributed by atoms with Crippen LogP contribution >= 0.6 is 11.3 Å². The van der Waals surface area contributed by atoms with Gasteiger partial charge in [-0.3, -0.25) is 0 Å². The van der Waals surface area contributed by atoms with Gasteiger partial charge in [-0.25, -0.2) is 0 Å². The molecular formula is C11H16BNO2S. The lowest BCUT2D eigenvalue weighted by Gasteiger charge is -2.44. The van der Waals surface area contributed by atoms with Gasteiger partial charge in [-0.2, -0.15) is 0 Å². The van der Waals surface area contributed by atoms with Gasteiger partial charge in [0.25, 0.3) is 0 Å². The van der Waals surface area contributed by atoms with E-state index in [1.807, 2.05) is 0 Å². The number of aliphatic hydroxyl groups is 1. The lowest BCUT2D eigenvalue weighted by atomic mass is 9.81. The molecule has 1 spiro atoms. The average Bonchev–Trinajstić information content (AvgIpc) is 2.71. The molecule has 1 aromatic heterocycles. The Hall–Kier alpha value is -0.355. The fourth-order valence-electron chi connectivity index (χ4n) is 2.80. The van der Waals surface area contributed by atoms with Crippen molar-refractivity contribution in [1.82, 2.24) is 4.81 Å². The van der Waals surface area contributed by atoms with Crippen molar-refractivity contribution < 1.29 is 9.84 Å². The smallest absolute Gasteiger partial charge is 0.185 e. The van der Waals surface area contributed by atoms with Gasteiger partial charge in [0.1, 0.15) is 0 Å². The maximum Gasteiger partial charge on any atom is 0.185 e. The molecule has 86 valence electrons. The molecule has 1 fully saturated rings. The summed E-state index contributed by atoms with van der Waals surface area (Å²) in [6.45, 7) is 2.09. The molecular weight excluding hydrogens is 221 g/mol. The van der Waals surface area contributed by atoms with Crippen LogP contribution in [0.15, 0.2) is 11.4 Å². The second-order valence-corrected chi connectivity index (χ2v) is 5.83. The molecule has 3 rings (SSSR count). The fraction of sp³-hybridized carbons (Fsp3) is 0.636. The number of thiophene rings is 1. The number of aliphatic hydroxyl groups excluding tert-OH is 1. The molecule has 0 aliphatic carbocycles. The molecule has 0 radical (unpaired) electrons. The minimum atomic E-state index is -0.616. The molecule has 0 bridgehead atoms. The van der Waals surface area contributed by atoms with Gasteiger partial charge < -0.3 is 14.7 Å². The van der Waals surface area contributed by atoms with Crippen molar-refractivity contribution in [2.75, 3.05) is 13.1 Å². The molecule has 1 saturated heterocycles. The van der Waals surface area contributed by atoms with Crippen LogP contribution in [0.5, 0.6) is 0 Å². The van der Waals surface area contributed by atoms with Crippen LogP contribution in [0.1, 0.15) is 23.3 Å². The molecule has 1 aromatic rings. The lowest BCUT2D eigenvalue weighted by Crippen LogP contribution is -2.47. The van der Waals surface area contributed by atoms with Crippen LogP contribution in [-0.2, 0) is 16.8 Å². The maximum absolute atomic E-state index is 9.83. The van der Waals surface area contributed by atoms with Gasteiger partial charge in [0.2, 0.25) is 0 Å². The summed E-state index contributed by atoms with van der Waals surface area (Å²) < 4.78 is 5.88. The van der Waals surface area contributed by atoms with Crippen molar-refractivity contribution in [2.45, 2.75) is 31.2 Å². The summed E-state index contributed by atoms with van der Waals surface area (Å²) in [4.78, 5) is 3.63. The van der Waals surface area contributed by atoms with Crippen molar-refractivity contribution >= 4 is 19.3 Å². The van der Waals surface area contributed by atoms with E-state index in [0.717, 1.165) is 25.9 Å². The first-order valence-electron chi connectivity index (χ1n) is 5.81. The number of rotatable bonds is 0. The number of nitrogens with zero attached hydrogens (tertiary/aromatic N) is 1. The molecule has 3 heterocycles. The van der Waals surface area contributed by atoms with Crippen molar-refractivity contribution in [3.05, 3.63) is 21.9 Å². The Balaban J connectivity index is 1.96. The first-order valence-corrected chi connectivity index (χ1v) is 6.69. The number of hydrogen-bond donors (Lipinski definition) is 1. The Morgan fingerprint density at radius 3 is 3.00 bits per heavy atom. The Morgan fingerprint density at radius 2 is 2.25 bits per heavy atom. The molecule has 2 aliphatic heterocycles. The molecule has 1 unspecified atom stereocenters. The Morgan fingerprint density at radius 1 is 1.50 bits per heavy atom. The molecule has 16 heavy (non-hydrogen) atoms. The third-order valence-corrected chi connectivity index (χ3v) is 4.70. The van der Waals surface area contributed by atoms with Crippen molar-refractivity contribution in [2.24, 2.45) is 0 Å². The standard InChI is InChI=1S/C11H16BNO2S/c12-13-4-2-11(3-5-13)8-1-6-16-9(8)7-10(14)15-11/h1,6,10,14H,2-5,7,12H2. The van der Waals surface area contributed by atoms with Crippen LogP contribution in [-0.4, -0.2) is 37.3 Å². The average molecular weight is 237 g/mol. The van der Waals surface area contributed by atoms with Crippen LogP contribution in [0.3, 0.4) is 0 Å². The zero-order valence-electron chi connectivity index (χ0n) is 9.48. The predicted octanol–water partition coefficient (Wildman–Crippen LogP) is 0.478. The van der Waals surface area contributed by atoms with E-state index in [-0.39, 0.29) is 5.60 Å². The second kappa shape index (κ2) is 3.84. The van der Waals surface area contributed by atoms with Gasteiger partial charge in [0.05, 0.1) is 5.60 Å². The van der Waals surface area contributed by atoms with E-state index in [9.17, 15) is 5.11 Å². The molecule has 3 nitrogen and oxygen atoms in total. The quantitative estimate of drug-likeness (QED) is 0.666. The summed E-state index contributed by atoms with van der Waals surface area (Å²) in [6.07, 6.45) is 2.02. The van der Waals surface area contributed by atoms with Gasteiger partial charge in [0.15, 0.2) is 14.3 Å². The number of piperidine rings is 1. The highest BCUT2D eigenvalue weighted by Crippen LogP contribution is 2.44. The van der Waals surface area contributed by atoms with Crippen LogP contribution in [0.25, 0.3) is 0 Å². The molecule has 0 aromatic carbocycles. The largest absolute Gasteiger partial charge is 0.368 e. The van der Waals surface area contributed by atoms with Crippen molar-refractivity contribution in [1.29, 1.82) is 0 Å². The van der Waals surface area contributed by atoms with E-state index in [1.54, 1.807) is 11.3 Å². The highest BCUT2D eigenvalue weighted by Gasteiger charge is 2.43. The Labute approximate surface area is 100 Å². The van der Waals surface area contributed by atoms with E-state index >= 15 is 0 Å². The lowest BCUT2D eigenvalue weighted by molar-refractivity contribution is -0.211. The number of hydrogen-bond acceptors (Lipinski definition) is 4. The normalized spacial score (nSPS) is 29.2. The number of ether oxygens (including phenoxy) is 1. The molecule has 2 aliphatic rings. The molecule has 5 heteroatoms. The third-order valence-electron chi connectivity index (χ3n) is 3.75. The maximum atomic E-state index is 9.83. The first kappa shape index (κ1) is 10.8. The summed E-state index contributed by atoms with van der Waals surface area (Å²) >= 11 is 1.74. The number of fused-ring (bicyclic) bond motifs is 2. The Bertz CT molecular complexity index is 387. The van der Waals surface area contributed by atoms with Crippen molar-refractivity contribution in [3.63, 3.8) is 0 Å². The molecule has 1 N–H and O–H groups in total. The zero-order chi connectivity index (χ0) is 11.2. The second-order valence-electron chi connectivity index (χ2n) is 4.83. The van der Waals surface area contributed by atoms with E-state index in [0.29, 0.717) is 6.42 Å². The Kier molecular flexibility index (Phi) is 2.59. The SMILES string of the molecule is BN1CCC2(CC1)OC(O)Cc1sccc12. The summed E-state index contributed by atoms with van der Waals surface area (Å²) in [5.41, 5.74) is 1.12. The summed E-state index contributed by atoms with van der Waals surface area (Å²) in [6, 6.07) is 2.18. The molecule has 0 amide bonds. The van der Waals surface area contributed by atoms with Gasteiger partial charge in [0, 0.05) is 11.3 Å². The minimum Gasteiger partial charge on any atom is -0.368 e. The fourth-order valence-corrected chi connectivity index (χ4v) is 3.78. The highest BCUT2D eigenvalue weighted by molar-refractivity contribution is 7.10. The highest BCUT2D eigenvalue weighted by atomic mass is 32.1. The summed E-state index contributed by atoms with van der Waals surface area (Å²) in [5.74, 6) is 0. The van der Waals surface area contributed by atoms with Crippen LogP contribution in [0.2, 0.25) is 0 Å². The zero-order valence-corrected chi connectivity index (χ0v) is 10.3. The first-order chi connectivity index (χ1) is 7.70. The van der Waals surface area contributed by atoms with Crippen molar-refractivity contribution in [3.8, 4) is 0 Å². The topological polar surface area (TPSA) is 32.7 Å². The minimum absolute atomic E-state index is 0.209. The van der Waals surface area contributed by atoms with Gasteiger partial charge in [-0.1, -0.05) is 0 Å². The van der Waals surface area contributed by atoms with E-state index in [2.05, 4.69) is 24.2 Å². The van der Waals surface area contributed by atoms with Crippen LogP contribution in [0.4, 0.5) is 0 Å². The predicted molar refractivity (Wildman–Crippen MR) is 66.1 cm³/mol. The van der Waals surface area contributed by atoms with E-state index in [1.165, 1.54) is 10.4 Å². The third kappa shape index (κ3) is 1.62. The van der Waals surface area contributed by atoms with E-state index < -0.39 is 6.29 Å². The summed E-state index contributed by atoms with van der Waals surface area (Å²) in [7, 11) is 2.14. The van der Waals surface area contributed by atoms with Gasteiger partial charge >= 0.3 is 0 Å². The van der Waals surface area contributed by atoms with Gasteiger partial charge in [-0.05, 0) is 42.9 Å². The van der Waals surface area contributed by atoms with E-state index in [4.69, 9.17) is 4.74 Å². The van der Waals surface area contributed by atoms with Crippen LogP contribution in [0, 0.1) is 0 Å². The van der Waals surface area contributed by atoms with Gasteiger partial charge in [-0.15, -0.1) is 11.3 Å². The summed E-state index contributed by atoms with van der Waals surface area (Å²) in [5, 5.41) is 11.9.